The van der Waals surface area contributed by atoms with Crippen LogP contribution in [0.4, 0.5) is 0 Å². The maximum Gasteiger partial charge on any atom is 0.303 e. The molecular formula is C18H23N5O3. The second-order valence-electron chi connectivity index (χ2n) is 6.79. The number of nitrogens with zero attached hydrogens (tertiary/aromatic N) is 5. The zero-order valence-electron chi connectivity index (χ0n) is 14.8. The zero-order chi connectivity index (χ0) is 18.5. The van der Waals surface area contributed by atoms with Crippen LogP contribution in [0.3, 0.4) is 0 Å². The van der Waals surface area contributed by atoms with Crippen LogP contribution >= 0.6 is 0 Å². The molecule has 0 radical (unpaired) electrons. The minimum atomic E-state index is -0.788. The number of carboxylic acid groups (broad SMARTS) is 1. The molecule has 1 N–H and O–H groups in total. The van der Waals surface area contributed by atoms with Crippen molar-refractivity contribution in [2.45, 2.75) is 39.2 Å². The van der Waals surface area contributed by atoms with Crippen LogP contribution in [0, 0.1) is 12.8 Å². The molecule has 0 aliphatic carbocycles. The Bertz CT molecular complexity index is 771. The molecule has 1 aromatic carbocycles. The van der Waals surface area contributed by atoms with Crippen LogP contribution in [-0.2, 0) is 16.1 Å². The number of aliphatic carboxylic acids is 1. The number of hydrogen-bond donors (Lipinski definition) is 1. The molecule has 1 aliphatic rings. The lowest BCUT2D eigenvalue weighted by Crippen LogP contribution is -2.42. The smallest absolute Gasteiger partial charge is 0.303 e. The maximum atomic E-state index is 12.5. The first kappa shape index (κ1) is 18.0. The van der Waals surface area contributed by atoms with Crippen molar-refractivity contribution in [2.24, 2.45) is 5.92 Å². The van der Waals surface area contributed by atoms with Gasteiger partial charge in [-0.2, -0.15) is 4.80 Å². The topological polar surface area (TPSA) is 101 Å². The largest absolute Gasteiger partial charge is 0.481 e. The van der Waals surface area contributed by atoms with E-state index in [9.17, 15) is 9.59 Å². The van der Waals surface area contributed by atoms with Gasteiger partial charge in [-0.15, -0.1) is 10.2 Å². The third kappa shape index (κ3) is 4.65. The number of hydrogen-bond acceptors (Lipinski definition) is 5. The monoisotopic (exact) mass is 357 g/mol. The Morgan fingerprint density at radius 1 is 1.27 bits per heavy atom. The van der Waals surface area contributed by atoms with Crippen molar-refractivity contribution in [3.63, 3.8) is 0 Å². The average Bonchev–Trinajstić information content (AvgIpc) is 3.09. The molecule has 2 heterocycles. The summed E-state index contributed by atoms with van der Waals surface area (Å²) >= 11 is 0. The van der Waals surface area contributed by atoms with Gasteiger partial charge in [-0.1, -0.05) is 29.8 Å². The second kappa shape index (κ2) is 8.07. The first-order valence-corrected chi connectivity index (χ1v) is 8.85. The Hall–Kier alpha value is -2.77. The number of amides is 1. The van der Waals surface area contributed by atoms with E-state index in [0.717, 1.165) is 24.0 Å². The van der Waals surface area contributed by atoms with E-state index in [-0.39, 0.29) is 24.8 Å². The third-order valence-corrected chi connectivity index (χ3v) is 4.68. The molecule has 1 unspecified atom stereocenters. The molecule has 138 valence electrons. The number of carbonyl (C=O) groups is 2. The zero-order valence-corrected chi connectivity index (χ0v) is 14.8. The summed E-state index contributed by atoms with van der Waals surface area (Å²) in [4.78, 5) is 26.4. The molecule has 26 heavy (non-hydrogen) atoms. The van der Waals surface area contributed by atoms with Gasteiger partial charge >= 0.3 is 5.97 Å². The predicted molar refractivity (Wildman–Crippen MR) is 94.2 cm³/mol. The average molecular weight is 357 g/mol. The molecule has 3 rings (SSSR count). The number of tetrazole rings is 1. The van der Waals surface area contributed by atoms with Crippen molar-refractivity contribution in [2.75, 3.05) is 13.1 Å². The number of benzene rings is 1. The number of aromatic nitrogens is 4. The van der Waals surface area contributed by atoms with Crippen molar-refractivity contribution < 1.29 is 14.7 Å². The molecule has 1 fully saturated rings. The Labute approximate surface area is 151 Å². The molecular weight excluding hydrogens is 334 g/mol. The van der Waals surface area contributed by atoms with Gasteiger partial charge in [-0.05, 0) is 37.3 Å². The fourth-order valence-electron chi connectivity index (χ4n) is 3.20. The summed E-state index contributed by atoms with van der Waals surface area (Å²) in [6, 6.07) is 7.81. The Kier molecular flexibility index (Phi) is 5.60. The first-order valence-electron chi connectivity index (χ1n) is 8.85. The molecule has 1 amide bonds. The molecule has 1 aromatic heterocycles. The molecule has 0 spiro atoms. The molecule has 0 bridgehead atoms. The Morgan fingerprint density at radius 3 is 2.77 bits per heavy atom. The van der Waals surface area contributed by atoms with Crippen molar-refractivity contribution in [1.29, 1.82) is 0 Å². The summed E-state index contributed by atoms with van der Waals surface area (Å²) in [5.41, 5.74) is 2.01. The van der Waals surface area contributed by atoms with Gasteiger partial charge < -0.3 is 10.0 Å². The summed E-state index contributed by atoms with van der Waals surface area (Å²) in [7, 11) is 0. The van der Waals surface area contributed by atoms with Crippen LogP contribution in [-0.4, -0.2) is 55.2 Å². The molecule has 2 aromatic rings. The van der Waals surface area contributed by atoms with E-state index in [1.165, 1.54) is 4.80 Å². The minimum Gasteiger partial charge on any atom is -0.481 e. The van der Waals surface area contributed by atoms with Crippen LogP contribution in [0.15, 0.2) is 24.3 Å². The number of carbonyl (C=O) groups excluding carboxylic acids is 1. The Morgan fingerprint density at radius 2 is 2.04 bits per heavy atom. The van der Waals surface area contributed by atoms with E-state index < -0.39 is 5.97 Å². The van der Waals surface area contributed by atoms with Gasteiger partial charge in [0.25, 0.3) is 0 Å². The summed E-state index contributed by atoms with van der Waals surface area (Å²) < 4.78 is 0. The number of aryl methyl sites for hydroxylation is 1. The number of carboxylic acids is 1. The van der Waals surface area contributed by atoms with E-state index in [1.54, 1.807) is 4.90 Å². The van der Waals surface area contributed by atoms with Crippen LogP contribution in [0.25, 0.3) is 11.4 Å². The third-order valence-electron chi connectivity index (χ3n) is 4.68. The molecule has 1 aliphatic heterocycles. The van der Waals surface area contributed by atoms with Gasteiger partial charge in [-0.3, -0.25) is 9.59 Å². The number of rotatable bonds is 6. The van der Waals surface area contributed by atoms with E-state index >= 15 is 0 Å². The van der Waals surface area contributed by atoms with Crippen LogP contribution in [0.5, 0.6) is 0 Å². The second-order valence-corrected chi connectivity index (χ2v) is 6.79. The van der Waals surface area contributed by atoms with Gasteiger partial charge in [0.2, 0.25) is 11.7 Å². The van der Waals surface area contributed by atoms with Crippen molar-refractivity contribution in [3.05, 3.63) is 29.8 Å². The minimum absolute atomic E-state index is 0.0461. The molecule has 0 saturated carbocycles. The van der Waals surface area contributed by atoms with Crippen LogP contribution in [0.2, 0.25) is 0 Å². The number of piperidine rings is 1. The highest BCUT2D eigenvalue weighted by Crippen LogP contribution is 2.21. The highest BCUT2D eigenvalue weighted by Gasteiger charge is 2.24. The number of likely N-dealkylation sites (tertiary alicyclic amines) is 1. The van der Waals surface area contributed by atoms with E-state index in [4.69, 9.17) is 5.11 Å². The lowest BCUT2D eigenvalue weighted by Gasteiger charge is -2.32. The molecule has 1 saturated heterocycles. The summed E-state index contributed by atoms with van der Waals surface area (Å²) in [6.07, 6.45) is 2.63. The summed E-state index contributed by atoms with van der Waals surface area (Å²) in [5.74, 6) is -0.104. The van der Waals surface area contributed by atoms with Gasteiger partial charge in [0.05, 0.1) is 0 Å². The van der Waals surface area contributed by atoms with Crippen molar-refractivity contribution in [1.82, 2.24) is 25.1 Å². The molecule has 1 atom stereocenters. The van der Waals surface area contributed by atoms with Gasteiger partial charge in [0.15, 0.2) is 0 Å². The van der Waals surface area contributed by atoms with E-state index in [0.29, 0.717) is 25.3 Å². The van der Waals surface area contributed by atoms with Gasteiger partial charge in [0.1, 0.15) is 6.54 Å². The first-order chi connectivity index (χ1) is 12.5. The SMILES string of the molecule is Cc1ccc(-c2nnn(CC(=O)N3CCCC(CCC(=O)O)C3)n2)cc1. The maximum absolute atomic E-state index is 12.5. The van der Waals surface area contributed by atoms with Crippen LogP contribution < -0.4 is 0 Å². The fourth-order valence-corrected chi connectivity index (χ4v) is 3.20. The normalized spacial score (nSPS) is 17.3. The fraction of sp³-hybridized carbons (Fsp3) is 0.500. The predicted octanol–water partition coefficient (Wildman–Crippen LogP) is 1.75. The Balaban J connectivity index is 1.57. The highest BCUT2D eigenvalue weighted by molar-refractivity contribution is 5.76. The standard InChI is InChI=1S/C18H23N5O3/c1-13-4-7-15(8-5-13)18-19-21-23(20-18)12-16(24)22-10-2-3-14(11-22)6-9-17(25)26/h4-5,7-8,14H,2-3,6,9-12H2,1H3,(H,25,26). The van der Waals surface area contributed by atoms with Crippen LogP contribution in [0.1, 0.15) is 31.2 Å². The lowest BCUT2D eigenvalue weighted by atomic mass is 9.93. The lowest BCUT2D eigenvalue weighted by molar-refractivity contribution is -0.137. The molecule has 8 nitrogen and oxygen atoms in total. The van der Waals surface area contributed by atoms with Crippen molar-refractivity contribution in [3.8, 4) is 11.4 Å². The van der Waals surface area contributed by atoms with Crippen molar-refractivity contribution >= 4 is 11.9 Å². The highest BCUT2D eigenvalue weighted by atomic mass is 16.4. The van der Waals surface area contributed by atoms with E-state index in [1.807, 2.05) is 31.2 Å². The van der Waals surface area contributed by atoms with Gasteiger partial charge in [-0.25, -0.2) is 0 Å². The summed E-state index contributed by atoms with van der Waals surface area (Å²) in [5, 5.41) is 21.1. The van der Waals surface area contributed by atoms with Gasteiger partial charge in [0, 0.05) is 25.1 Å². The quantitative estimate of drug-likeness (QED) is 0.845. The summed E-state index contributed by atoms with van der Waals surface area (Å²) in [6.45, 7) is 3.35. The van der Waals surface area contributed by atoms with E-state index in [2.05, 4.69) is 15.4 Å². The molecule has 8 heteroatoms.